The van der Waals surface area contributed by atoms with Crippen LogP contribution in [0.5, 0.6) is 0 Å². The Hall–Kier alpha value is -2.89. The van der Waals surface area contributed by atoms with Crippen molar-refractivity contribution >= 4 is 3.21 Å². The SMILES string of the molecule is CCCCC1C=C(C(C)(C)C)C=[C]1[Zr](=[C](c1ccccc1)c1ccccc1)[CH]1c2ccccc2-c2ccccc21. The van der Waals surface area contributed by atoms with Crippen LogP contribution < -0.4 is 0 Å². The second-order valence-electron chi connectivity index (χ2n) is 12.3. The van der Waals surface area contributed by atoms with Crippen molar-refractivity contribution < 1.29 is 21.3 Å². The third kappa shape index (κ3) is 5.15. The van der Waals surface area contributed by atoms with Gasteiger partial charge in [0.2, 0.25) is 0 Å². The normalized spacial score (nSPS) is 16.2. The van der Waals surface area contributed by atoms with Crippen LogP contribution in [0.15, 0.2) is 130 Å². The number of hydrogen-bond donors (Lipinski definition) is 0. The molecular formula is C39H40Zr. The number of rotatable bonds is 7. The summed E-state index contributed by atoms with van der Waals surface area (Å²) in [5.41, 5.74) is 10.5. The molecule has 0 heterocycles. The summed E-state index contributed by atoms with van der Waals surface area (Å²) in [6, 6.07) is 41.2. The van der Waals surface area contributed by atoms with Gasteiger partial charge in [-0.1, -0.05) is 0 Å². The van der Waals surface area contributed by atoms with E-state index in [1.54, 1.807) is 17.6 Å². The number of benzene rings is 4. The predicted molar refractivity (Wildman–Crippen MR) is 168 cm³/mol. The van der Waals surface area contributed by atoms with Gasteiger partial charge in [-0.25, -0.2) is 0 Å². The molecule has 4 aromatic carbocycles. The molecular weight excluding hydrogens is 560 g/mol. The average Bonchev–Trinajstić information content (AvgIpc) is 3.56. The molecule has 6 rings (SSSR count). The Morgan fingerprint density at radius 1 is 0.675 bits per heavy atom. The zero-order valence-electron chi connectivity index (χ0n) is 24.3. The molecule has 0 aliphatic heterocycles. The van der Waals surface area contributed by atoms with Crippen molar-refractivity contribution in [1.29, 1.82) is 0 Å². The van der Waals surface area contributed by atoms with Gasteiger partial charge in [-0.3, -0.25) is 0 Å². The van der Waals surface area contributed by atoms with Gasteiger partial charge in [0.15, 0.2) is 0 Å². The van der Waals surface area contributed by atoms with Crippen LogP contribution in [-0.4, -0.2) is 3.21 Å². The van der Waals surface area contributed by atoms with E-state index in [9.17, 15) is 0 Å². The Morgan fingerprint density at radius 2 is 1.18 bits per heavy atom. The predicted octanol–water partition coefficient (Wildman–Crippen LogP) is 10.3. The molecule has 1 unspecified atom stereocenters. The third-order valence-electron chi connectivity index (χ3n) is 8.65. The fourth-order valence-corrected chi connectivity index (χ4v) is 16.3. The van der Waals surface area contributed by atoms with E-state index >= 15 is 0 Å². The van der Waals surface area contributed by atoms with Crippen molar-refractivity contribution in [3.8, 4) is 11.1 Å². The van der Waals surface area contributed by atoms with Gasteiger partial charge in [0, 0.05) is 0 Å². The molecule has 2 aliphatic carbocycles. The molecule has 40 heavy (non-hydrogen) atoms. The van der Waals surface area contributed by atoms with E-state index in [0.717, 1.165) is 0 Å². The first kappa shape index (κ1) is 27.3. The maximum absolute atomic E-state index is 2.73. The van der Waals surface area contributed by atoms with E-state index in [1.807, 2.05) is 0 Å². The first-order valence-corrected chi connectivity index (χ1v) is 18.8. The molecule has 2 aliphatic rings. The molecule has 0 fully saturated rings. The van der Waals surface area contributed by atoms with Gasteiger partial charge >= 0.3 is 250 Å². The standard InChI is InChI=1S/C13H9.C13H10.C13H21.Zr/c1-3-7-12-10(5-1)9-11-6-2-4-8-13(11)12;1-3-7-12(8-4-1)11-13-9-5-2-6-10-13;1-5-6-7-11-8-9-12(10-11)13(2,3)4;/h1-9H;1-10H;9-11H,5-7H2,1-4H3;. The van der Waals surface area contributed by atoms with Crippen molar-refractivity contribution in [2.24, 2.45) is 11.3 Å². The van der Waals surface area contributed by atoms with Crippen LogP contribution in [0, 0.1) is 11.3 Å². The minimum absolute atomic E-state index is 0.144. The first-order chi connectivity index (χ1) is 19.5. The summed E-state index contributed by atoms with van der Waals surface area (Å²) in [5, 5.41) is 0. The van der Waals surface area contributed by atoms with E-state index in [2.05, 4.69) is 149 Å². The molecule has 0 saturated heterocycles. The fraction of sp³-hybridized carbons (Fsp3) is 0.256. The molecule has 0 saturated carbocycles. The minimum atomic E-state index is -2.73. The van der Waals surface area contributed by atoms with Gasteiger partial charge in [-0.2, -0.15) is 0 Å². The Kier molecular flexibility index (Phi) is 7.87. The third-order valence-corrected chi connectivity index (χ3v) is 17.1. The molecule has 0 N–H and O–H groups in total. The van der Waals surface area contributed by atoms with Crippen molar-refractivity contribution in [3.63, 3.8) is 0 Å². The molecule has 0 bridgehead atoms. The summed E-state index contributed by atoms with van der Waals surface area (Å²) in [7, 11) is 0. The van der Waals surface area contributed by atoms with Crippen LogP contribution in [-0.2, 0) is 21.3 Å². The van der Waals surface area contributed by atoms with E-state index in [4.69, 9.17) is 0 Å². The molecule has 1 heteroatoms. The zero-order chi connectivity index (χ0) is 27.7. The Morgan fingerprint density at radius 3 is 1.68 bits per heavy atom. The average molecular weight is 600 g/mol. The molecule has 4 aromatic rings. The molecule has 0 amide bonds. The van der Waals surface area contributed by atoms with Crippen LogP contribution in [0.25, 0.3) is 11.1 Å². The summed E-state index contributed by atoms with van der Waals surface area (Å²) in [4.78, 5) is 0. The topological polar surface area (TPSA) is 0 Å². The quantitative estimate of drug-likeness (QED) is 0.198. The van der Waals surface area contributed by atoms with Crippen LogP contribution in [0.2, 0.25) is 0 Å². The van der Waals surface area contributed by atoms with Crippen molar-refractivity contribution in [2.45, 2.75) is 50.6 Å². The van der Waals surface area contributed by atoms with Crippen molar-refractivity contribution in [1.82, 2.24) is 0 Å². The summed E-state index contributed by atoms with van der Waals surface area (Å²) in [5.74, 6) is 0.533. The van der Waals surface area contributed by atoms with E-state index in [0.29, 0.717) is 9.54 Å². The van der Waals surface area contributed by atoms with Gasteiger partial charge in [0.25, 0.3) is 0 Å². The van der Waals surface area contributed by atoms with Crippen molar-refractivity contribution in [3.05, 3.63) is 152 Å². The van der Waals surface area contributed by atoms with Gasteiger partial charge in [0.05, 0.1) is 0 Å². The van der Waals surface area contributed by atoms with Crippen LogP contribution >= 0.6 is 0 Å². The summed E-state index contributed by atoms with van der Waals surface area (Å²) in [6.45, 7) is 9.49. The van der Waals surface area contributed by atoms with Gasteiger partial charge in [-0.15, -0.1) is 0 Å². The second kappa shape index (κ2) is 11.5. The van der Waals surface area contributed by atoms with Crippen LogP contribution in [0.3, 0.4) is 0 Å². The number of allylic oxidation sites excluding steroid dienone is 4. The molecule has 0 spiro atoms. The molecule has 1 atom stereocenters. The Balaban J connectivity index is 1.72. The molecule has 0 aromatic heterocycles. The summed E-state index contributed by atoms with van der Waals surface area (Å²) >= 11 is -2.73. The molecule has 0 nitrogen and oxygen atoms in total. The first-order valence-electron chi connectivity index (χ1n) is 14.9. The number of unbranched alkanes of at least 4 members (excludes halogenated alkanes) is 1. The summed E-state index contributed by atoms with van der Waals surface area (Å²) in [6.07, 6.45) is 9.11. The van der Waals surface area contributed by atoms with E-state index in [-0.39, 0.29) is 5.41 Å². The zero-order valence-corrected chi connectivity index (χ0v) is 26.8. The Labute approximate surface area is 248 Å². The van der Waals surface area contributed by atoms with Gasteiger partial charge in [0.1, 0.15) is 0 Å². The van der Waals surface area contributed by atoms with Gasteiger partial charge < -0.3 is 0 Å². The van der Waals surface area contributed by atoms with Crippen LogP contribution in [0.1, 0.15) is 72.8 Å². The molecule has 200 valence electrons. The number of hydrogen-bond acceptors (Lipinski definition) is 0. The van der Waals surface area contributed by atoms with Gasteiger partial charge in [-0.05, 0) is 0 Å². The van der Waals surface area contributed by atoms with E-state index in [1.165, 1.54) is 47.1 Å². The molecule has 0 radical (unpaired) electrons. The van der Waals surface area contributed by atoms with Crippen LogP contribution in [0.4, 0.5) is 0 Å². The number of fused-ring (bicyclic) bond motifs is 3. The van der Waals surface area contributed by atoms with Crippen molar-refractivity contribution in [2.75, 3.05) is 0 Å². The Bertz CT molecular complexity index is 1510. The second-order valence-corrected chi connectivity index (χ2v) is 18.4. The maximum atomic E-state index is 2.69. The van der Waals surface area contributed by atoms with E-state index < -0.39 is 21.3 Å². The summed E-state index contributed by atoms with van der Waals surface area (Å²) < 4.78 is 3.87. The fourth-order valence-electron chi connectivity index (χ4n) is 6.65. The monoisotopic (exact) mass is 598 g/mol.